The molecule has 4 rings (SSSR count). The number of rotatable bonds is 15. The summed E-state index contributed by atoms with van der Waals surface area (Å²) in [6.45, 7) is 1.35. The van der Waals surface area contributed by atoms with Crippen LogP contribution in [0.3, 0.4) is 0 Å². The van der Waals surface area contributed by atoms with Crippen LogP contribution in [0.1, 0.15) is 73.4 Å². The van der Waals surface area contributed by atoms with E-state index in [2.05, 4.69) is 4.72 Å². The molecule has 45 heavy (non-hydrogen) atoms. The number of β-lactam (4-membered cyclic amide) rings is 1. The molecule has 1 amide bonds. The largest absolute Gasteiger partial charge is 0.393 e. The molecule has 0 aliphatic carbocycles. The molecule has 246 valence electrons. The van der Waals surface area contributed by atoms with Crippen molar-refractivity contribution in [2.24, 2.45) is 0 Å². The summed E-state index contributed by atoms with van der Waals surface area (Å²) in [6, 6.07) is 21.8. The molecule has 1 heterocycles. The minimum atomic E-state index is -3.17. The van der Waals surface area contributed by atoms with Crippen LogP contribution in [-0.2, 0) is 27.7 Å². The van der Waals surface area contributed by atoms with Crippen molar-refractivity contribution in [2.45, 2.75) is 69.6 Å². The number of benzene rings is 3. The molecular formula is C34H45FN2O7S. The third kappa shape index (κ3) is 11.3. The van der Waals surface area contributed by atoms with Gasteiger partial charge in [-0.05, 0) is 85.0 Å². The van der Waals surface area contributed by atoms with Gasteiger partial charge in [0.1, 0.15) is 11.4 Å². The molecular weight excluding hydrogens is 599 g/mol. The maximum Gasteiger partial charge on any atom is 0.230 e. The van der Waals surface area contributed by atoms with Crippen LogP contribution in [0, 0.1) is 5.82 Å². The van der Waals surface area contributed by atoms with Gasteiger partial charge < -0.3 is 25.3 Å². The number of anilines is 1. The number of halogens is 1. The van der Waals surface area contributed by atoms with Gasteiger partial charge in [0.05, 0.1) is 38.0 Å². The average molecular weight is 645 g/mol. The standard InChI is InChI=1S/C25H34N2O6S.C9H11FO/c1-34(32,33)26-15-3-5-20-8-12-22(13-9-20)27-23(16-24(27)30)21-10-6-19(7-11-21)4-2-14-25(31,17-28)18-29;1-2-9(11)7-3-5-8(10)6-4-7/h6-13,23,26,28-29,31H,2-5,14-18H2,1H3;3-6,9,11H,2H2,1H3/t23-;9-/m00/s1. The van der Waals surface area contributed by atoms with Gasteiger partial charge in [0.2, 0.25) is 15.9 Å². The lowest BCUT2D eigenvalue weighted by Gasteiger charge is -2.41. The quantitative estimate of drug-likeness (QED) is 0.124. The molecule has 3 aromatic carbocycles. The molecule has 0 saturated carbocycles. The minimum absolute atomic E-state index is 0.0137. The van der Waals surface area contributed by atoms with Crippen LogP contribution in [0.5, 0.6) is 0 Å². The lowest BCUT2D eigenvalue weighted by molar-refractivity contribution is -0.124. The Hall–Kier alpha value is -3.19. The average Bonchev–Trinajstić information content (AvgIpc) is 3.03. The molecule has 9 nitrogen and oxygen atoms in total. The summed E-state index contributed by atoms with van der Waals surface area (Å²) >= 11 is 0. The van der Waals surface area contributed by atoms with E-state index in [4.69, 9.17) is 0 Å². The summed E-state index contributed by atoms with van der Waals surface area (Å²) in [5, 5.41) is 37.6. The predicted molar refractivity (Wildman–Crippen MR) is 173 cm³/mol. The number of nitrogens with zero attached hydrogens (tertiary/aromatic N) is 1. The Morgan fingerprint density at radius 2 is 1.49 bits per heavy atom. The Kier molecular flexibility index (Phi) is 13.6. The van der Waals surface area contributed by atoms with E-state index in [1.54, 1.807) is 17.0 Å². The Bertz CT molecular complexity index is 1450. The Morgan fingerprint density at radius 3 is 2.00 bits per heavy atom. The van der Waals surface area contributed by atoms with E-state index in [-0.39, 0.29) is 17.8 Å². The van der Waals surface area contributed by atoms with Gasteiger partial charge in [-0.1, -0.05) is 55.5 Å². The van der Waals surface area contributed by atoms with Gasteiger partial charge in [-0.15, -0.1) is 0 Å². The number of carbonyl (C=O) groups excluding carboxylic acids is 1. The predicted octanol–water partition coefficient (Wildman–Crippen LogP) is 3.95. The van der Waals surface area contributed by atoms with Crippen LogP contribution >= 0.6 is 0 Å². The number of nitrogens with one attached hydrogen (secondary N) is 1. The van der Waals surface area contributed by atoms with Gasteiger partial charge >= 0.3 is 0 Å². The summed E-state index contributed by atoms with van der Waals surface area (Å²) in [4.78, 5) is 14.2. The van der Waals surface area contributed by atoms with Crippen molar-refractivity contribution in [3.63, 3.8) is 0 Å². The lowest BCUT2D eigenvalue weighted by Crippen LogP contribution is -2.46. The SMILES string of the molecule is CC[C@H](O)c1ccc(F)cc1.CS(=O)(=O)NCCCc1ccc(N2C(=O)C[C@H]2c2ccc(CCCC(O)(CO)CO)cc2)cc1. The second-order valence-corrected chi connectivity index (χ2v) is 13.4. The highest BCUT2D eigenvalue weighted by molar-refractivity contribution is 7.88. The van der Waals surface area contributed by atoms with Crippen molar-refractivity contribution in [3.8, 4) is 0 Å². The van der Waals surface area contributed by atoms with E-state index in [0.29, 0.717) is 38.6 Å². The molecule has 3 aromatic rings. The topological polar surface area (TPSA) is 147 Å². The van der Waals surface area contributed by atoms with Gasteiger partial charge in [-0.25, -0.2) is 17.5 Å². The van der Waals surface area contributed by atoms with Gasteiger partial charge in [0.25, 0.3) is 0 Å². The molecule has 1 saturated heterocycles. The van der Waals surface area contributed by atoms with E-state index < -0.39 is 34.9 Å². The molecule has 2 atom stereocenters. The summed E-state index contributed by atoms with van der Waals surface area (Å²) < 4.78 is 37.1. The van der Waals surface area contributed by atoms with Crippen molar-refractivity contribution < 1.29 is 38.0 Å². The molecule has 1 aliphatic rings. The second kappa shape index (κ2) is 16.9. The third-order valence-electron chi connectivity index (χ3n) is 7.87. The van der Waals surface area contributed by atoms with Gasteiger partial charge in [0.15, 0.2) is 0 Å². The molecule has 11 heteroatoms. The number of aliphatic hydroxyl groups excluding tert-OH is 3. The number of carbonyl (C=O) groups is 1. The van der Waals surface area contributed by atoms with Gasteiger partial charge in [-0.3, -0.25) is 4.79 Å². The van der Waals surface area contributed by atoms with Gasteiger partial charge in [0, 0.05) is 12.2 Å². The van der Waals surface area contributed by atoms with Crippen molar-refractivity contribution in [3.05, 3.63) is 101 Å². The Balaban J connectivity index is 0.000000423. The second-order valence-electron chi connectivity index (χ2n) is 11.5. The van der Waals surface area contributed by atoms with Crippen molar-refractivity contribution >= 4 is 21.6 Å². The van der Waals surface area contributed by atoms with Crippen molar-refractivity contribution in [1.82, 2.24) is 4.72 Å². The molecule has 5 N–H and O–H groups in total. The first kappa shape index (κ1) is 36.3. The normalized spacial score (nSPS) is 15.7. The molecule has 1 aliphatic heterocycles. The zero-order chi connectivity index (χ0) is 33.0. The number of hydrogen-bond acceptors (Lipinski definition) is 7. The Morgan fingerprint density at radius 1 is 0.933 bits per heavy atom. The highest BCUT2D eigenvalue weighted by atomic mass is 32.2. The smallest absolute Gasteiger partial charge is 0.230 e. The maximum absolute atomic E-state index is 12.4. The molecule has 0 bridgehead atoms. The Labute approximate surface area is 265 Å². The number of aliphatic hydroxyl groups is 4. The van der Waals surface area contributed by atoms with E-state index in [1.165, 1.54) is 12.1 Å². The monoisotopic (exact) mass is 644 g/mol. The third-order valence-corrected chi connectivity index (χ3v) is 8.60. The van der Waals surface area contributed by atoms with E-state index >= 15 is 0 Å². The van der Waals surface area contributed by atoms with Crippen molar-refractivity contribution in [1.29, 1.82) is 0 Å². The highest BCUT2D eigenvalue weighted by Gasteiger charge is 2.38. The van der Waals surface area contributed by atoms with E-state index in [1.807, 2.05) is 55.5 Å². The van der Waals surface area contributed by atoms with Crippen LogP contribution in [0.4, 0.5) is 10.1 Å². The lowest BCUT2D eigenvalue weighted by atomic mass is 9.91. The summed E-state index contributed by atoms with van der Waals surface area (Å²) in [5.41, 5.74) is 3.41. The fourth-order valence-corrected chi connectivity index (χ4v) is 5.55. The minimum Gasteiger partial charge on any atom is -0.393 e. The zero-order valence-electron chi connectivity index (χ0n) is 25.9. The first-order valence-electron chi connectivity index (χ1n) is 15.2. The first-order valence-corrected chi connectivity index (χ1v) is 17.1. The summed E-state index contributed by atoms with van der Waals surface area (Å²) in [7, 11) is -3.17. The zero-order valence-corrected chi connectivity index (χ0v) is 26.7. The summed E-state index contributed by atoms with van der Waals surface area (Å²) in [6.07, 6.45) is 4.92. The fourth-order valence-electron chi connectivity index (χ4n) is 5.04. The number of hydrogen-bond donors (Lipinski definition) is 5. The highest BCUT2D eigenvalue weighted by Crippen LogP contribution is 2.39. The molecule has 0 radical (unpaired) electrons. The van der Waals surface area contributed by atoms with E-state index in [0.717, 1.165) is 47.0 Å². The number of amides is 1. The van der Waals surface area contributed by atoms with Crippen molar-refractivity contribution in [2.75, 3.05) is 30.9 Å². The molecule has 1 fully saturated rings. The number of sulfonamides is 1. The van der Waals surface area contributed by atoms with Gasteiger partial charge in [-0.2, -0.15) is 0 Å². The molecule has 0 unspecified atom stereocenters. The van der Waals surface area contributed by atoms with Crippen LogP contribution in [0.2, 0.25) is 0 Å². The summed E-state index contributed by atoms with van der Waals surface area (Å²) in [5.74, 6) is -0.191. The van der Waals surface area contributed by atoms with Crippen LogP contribution < -0.4 is 9.62 Å². The fraction of sp³-hybridized carbons (Fsp3) is 0.441. The van der Waals surface area contributed by atoms with Crippen LogP contribution in [0.25, 0.3) is 0 Å². The molecule has 0 aromatic heterocycles. The van der Waals surface area contributed by atoms with E-state index in [9.17, 15) is 38.0 Å². The molecule has 0 spiro atoms. The number of aryl methyl sites for hydroxylation is 2. The van der Waals surface area contributed by atoms with Crippen LogP contribution in [0.15, 0.2) is 72.8 Å². The maximum atomic E-state index is 12.4. The van der Waals surface area contributed by atoms with Crippen LogP contribution in [-0.4, -0.2) is 66.4 Å². The first-order chi connectivity index (χ1) is 21.4.